The smallest absolute Gasteiger partial charge is 0.410 e. The van der Waals surface area contributed by atoms with Crippen molar-refractivity contribution in [3.63, 3.8) is 0 Å². The third kappa shape index (κ3) is 8.12. The number of rotatable bonds is 9. The number of carbonyl (C=O) groups excluding carboxylic acids is 1. The topological polar surface area (TPSA) is 125 Å². The SMILES string of the molecule is CC(C)(C)OC(=O)N1CCC[C@](CCOS(C)(=O)=O)([N+](=O)[O-])[C@@H]1COC1CCC(c2ccccc2)CC1. The molecule has 0 aromatic heterocycles. The van der Waals surface area contributed by atoms with Crippen LogP contribution in [0.25, 0.3) is 0 Å². The summed E-state index contributed by atoms with van der Waals surface area (Å²) in [5.41, 5.74) is -1.07. The number of piperidine rings is 1. The summed E-state index contributed by atoms with van der Waals surface area (Å²) >= 11 is 0. The molecule has 1 aliphatic heterocycles. The van der Waals surface area contributed by atoms with Gasteiger partial charge >= 0.3 is 6.09 Å². The number of hydrogen-bond donors (Lipinski definition) is 0. The first-order valence-electron chi connectivity index (χ1n) is 13.0. The fourth-order valence-electron chi connectivity index (χ4n) is 5.43. The largest absolute Gasteiger partial charge is 0.444 e. The van der Waals surface area contributed by atoms with Crippen LogP contribution in [-0.4, -0.2) is 73.6 Å². The number of nitro groups is 1. The van der Waals surface area contributed by atoms with Crippen LogP contribution in [0.1, 0.15) is 77.2 Å². The molecule has 3 rings (SSSR count). The van der Waals surface area contributed by atoms with Gasteiger partial charge in [0.25, 0.3) is 10.1 Å². The molecule has 10 nitrogen and oxygen atoms in total. The molecule has 1 aliphatic carbocycles. The standard InChI is InChI=1S/C26H40N2O8S/c1-25(2,3)36-24(29)27-17-8-15-26(28(30)31,16-18-35-37(4,32)33)23(27)19-34-22-13-11-21(12-14-22)20-9-6-5-7-10-20/h5-7,9-10,21-23H,8,11-19H2,1-4H3/t21?,22?,23-,26+/m0/s1. The first kappa shape index (κ1) is 29.3. The Morgan fingerprint density at radius 3 is 2.38 bits per heavy atom. The first-order chi connectivity index (χ1) is 17.3. The summed E-state index contributed by atoms with van der Waals surface area (Å²) in [5.74, 6) is 0.458. The van der Waals surface area contributed by atoms with Crippen LogP contribution < -0.4 is 0 Å². The van der Waals surface area contributed by atoms with Crippen LogP contribution in [0, 0.1) is 10.1 Å². The zero-order chi connectivity index (χ0) is 27.3. The van der Waals surface area contributed by atoms with E-state index in [1.54, 1.807) is 20.8 Å². The maximum Gasteiger partial charge on any atom is 0.410 e. The van der Waals surface area contributed by atoms with Crippen LogP contribution in [-0.2, 0) is 23.8 Å². The van der Waals surface area contributed by atoms with E-state index < -0.39 is 38.3 Å². The van der Waals surface area contributed by atoms with E-state index in [1.807, 2.05) is 18.2 Å². The molecule has 1 aromatic carbocycles. The van der Waals surface area contributed by atoms with E-state index in [9.17, 15) is 23.3 Å². The quantitative estimate of drug-likeness (QED) is 0.254. The number of carbonyl (C=O) groups is 1. The molecular weight excluding hydrogens is 500 g/mol. The van der Waals surface area contributed by atoms with Crippen molar-refractivity contribution < 1.29 is 31.8 Å². The Labute approximate surface area is 219 Å². The maximum atomic E-state index is 13.1. The summed E-state index contributed by atoms with van der Waals surface area (Å²) in [4.78, 5) is 26.6. The molecule has 2 fully saturated rings. The average Bonchev–Trinajstić information content (AvgIpc) is 2.82. The Kier molecular flexibility index (Phi) is 9.57. The van der Waals surface area contributed by atoms with Crippen molar-refractivity contribution in [2.75, 3.05) is 26.0 Å². The lowest BCUT2D eigenvalue weighted by atomic mass is 9.79. The Morgan fingerprint density at radius 2 is 1.81 bits per heavy atom. The predicted molar refractivity (Wildman–Crippen MR) is 138 cm³/mol. The first-order valence-corrected chi connectivity index (χ1v) is 14.8. The molecule has 0 N–H and O–H groups in total. The normalized spacial score (nSPS) is 27.0. The molecule has 0 unspecified atom stereocenters. The molecule has 0 radical (unpaired) electrons. The van der Waals surface area contributed by atoms with Gasteiger partial charge in [-0.2, -0.15) is 8.42 Å². The minimum atomic E-state index is -3.77. The van der Waals surface area contributed by atoms with Crippen molar-refractivity contribution in [3.8, 4) is 0 Å². The molecule has 1 saturated carbocycles. The van der Waals surface area contributed by atoms with Crippen LogP contribution in [0.2, 0.25) is 0 Å². The summed E-state index contributed by atoms with van der Waals surface area (Å²) < 4.78 is 39.7. The van der Waals surface area contributed by atoms with Gasteiger partial charge in [0.05, 0.1) is 25.6 Å². The average molecular weight is 541 g/mol. The lowest BCUT2D eigenvalue weighted by Gasteiger charge is -2.44. The third-order valence-electron chi connectivity index (χ3n) is 7.26. The summed E-state index contributed by atoms with van der Waals surface area (Å²) in [5, 5.41) is 12.5. The van der Waals surface area contributed by atoms with Gasteiger partial charge in [-0.25, -0.2) is 4.79 Å². The molecule has 37 heavy (non-hydrogen) atoms. The van der Waals surface area contributed by atoms with Gasteiger partial charge in [-0.1, -0.05) is 30.3 Å². The fraction of sp³-hybridized carbons (Fsp3) is 0.731. The Bertz CT molecular complexity index is 1020. The van der Waals surface area contributed by atoms with E-state index in [4.69, 9.17) is 13.7 Å². The van der Waals surface area contributed by atoms with E-state index in [2.05, 4.69) is 12.1 Å². The number of benzene rings is 1. The lowest BCUT2D eigenvalue weighted by molar-refractivity contribution is -0.585. The molecule has 1 amide bonds. The molecule has 2 atom stereocenters. The van der Waals surface area contributed by atoms with Gasteiger partial charge in [-0.15, -0.1) is 0 Å². The molecule has 1 aromatic rings. The minimum absolute atomic E-state index is 0.0280. The molecule has 0 spiro atoms. The van der Waals surface area contributed by atoms with Crippen LogP contribution >= 0.6 is 0 Å². The van der Waals surface area contributed by atoms with Crippen molar-refractivity contribution in [1.82, 2.24) is 4.90 Å². The third-order valence-corrected chi connectivity index (χ3v) is 7.86. The second kappa shape index (κ2) is 12.1. The van der Waals surface area contributed by atoms with Crippen LogP contribution in [0.15, 0.2) is 30.3 Å². The van der Waals surface area contributed by atoms with E-state index >= 15 is 0 Å². The number of likely N-dealkylation sites (tertiary alicyclic amines) is 1. The highest BCUT2D eigenvalue weighted by atomic mass is 32.2. The Hall–Kier alpha value is -2.24. The minimum Gasteiger partial charge on any atom is -0.444 e. The van der Waals surface area contributed by atoms with Crippen LogP contribution in [0.5, 0.6) is 0 Å². The molecular formula is C26H40N2O8S. The number of ether oxygens (including phenoxy) is 2. The van der Waals surface area contributed by atoms with Gasteiger partial charge in [0.1, 0.15) is 11.6 Å². The molecule has 11 heteroatoms. The highest BCUT2D eigenvalue weighted by molar-refractivity contribution is 7.85. The summed E-state index contributed by atoms with van der Waals surface area (Å²) in [7, 11) is -3.77. The van der Waals surface area contributed by atoms with Crippen LogP contribution in [0.3, 0.4) is 0 Å². The fourth-order valence-corrected chi connectivity index (χ4v) is 5.82. The number of amides is 1. The predicted octanol–water partition coefficient (Wildman–Crippen LogP) is 4.51. The van der Waals surface area contributed by atoms with E-state index in [-0.39, 0.29) is 32.2 Å². The zero-order valence-electron chi connectivity index (χ0n) is 22.3. The van der Waals surface area contributed by atoms with Gasteiger partial charge in [0, 0.05) is 24.3 Å². The molecule has 2 aliphatic rings. The molecule has 0 bridgehead atoms. The van der Waals surface area contributed by atoms with E-state index in [0.29, 0.717) is 18.9 Å². The Balaban J connectivity index is 1.76. The number of hydrogen-bond acceptors (Lipinski definition) is 8. The van der Waals surface area contributed by atoms with Gasteiger partial charge < -0.3 is 9.47 Å². The van der Waals surface area contributed by atoms with E-state index in [0.717, 1.165) is 31.9 Å². The van der Waals surface area contributed by atoms with Crippen LogP contribution in [0.4, 0.5) is 4.79 Å². The molecule has 1 heterocycles. The van der Waals surface area contributed by atoms with Crippen molar-refractivity contribution in [2.45, 2.75) is 94.9 Å². The highest BCUT2D eigenvalue weighted by Gasteiger charge is 2.56. The van der Waals surface area contributed by atoms with Gasteiger partial charge in [0.2, 0.25) is 5.54 Å². The van der Waals surface area contributed by atoms with Crippen molar-refractivity contribution in [2.24, 2.45) is 0 Å². The summed E-state index contributed by atoms with van der Waals surface area (Å²) in [6.07, 6.45) is 4.16. The summed E-state index contributed by atoms with van der Waals surface area (Å²) in [6, 6.07) is 9.43. The Morgan fingerprint density at radius 1 is 1.16 bits per heavy atom. The highest BCUT2D eigenvalue weighted by Crippen LogP contribution is 2.38. The van der Waals surface area contributed by atoms with Gasteiger partial charge in [-0.3, -0.25) is 19.2 Å². The summed E-state index contributed by atoms with van der Waals surface area (Å²) in [6.45, 7) is 5.15. The maximum absolute atomic E-state index is 13.1. The zero-order valence-corrected chi connectivity index (χ0v) is 23.1. The number of nitrogens with zero attached hydrogens (tertiary/aromatic N) is 2. The van der Waals surface area contributed by atoms with Crippen molar-refractivity contribution >= 4 is 16.2 Å². The molecule has 1 saturated heterocycles. The van der Waals surface area contributed by atoms with Crippen molar-refractivity contribution in [1.29, 1.82) is 0 Å². The lowest BCUT2D eigenvalue weighted by Crippen LogP contribution is -2.65. The second-order valence-electron chi connectivity index (χ2n) is 11.1. The van der Waals surface area contributed by atoms with Gasteiger partial charge in [-0.05, 0) is 64.4 Å². The second-order valence-corrected chi connectivity index (χ2v) is 12.8. The monoisotopic (exact) mass is 540 g/mol. The van der Waals surface area contributed by atoms with Gasteiger partial charge in [0.15, 0.2) is 0 Å². The van der Waals surface area contributed by atoms with Crippen molar-refractivity contribution in [3.05, 3.63) is 46.0 Å². The molecule has 208 valence electrons. The van der Waals surface area contributed by atoms with E-state index in [1.165, 1.54) is 10.5 Å².